The molecule has 3 fully saturated rings. The van der Waals surface area contributed by atoms with Gasteiger partial charge in [-0.05, 0) is 61.4 Å². The third kappa shape index (κ3) is 6.86. The van der Waals surface area contributed by atoms with Crippen LogP contribution in [0, 0.1) is 17.6 Å². The van der Waals surface area contributed by atoms with Crippen molar-refractivity contribution in [3.8, 4) is 0 Å². The number of carbonyl (C=O) groups excluding carboxylic acids is 1. The Morgan fingerprint density at radius 3 is 2.52 bits per heavy atom. The standard InChI is InChI=1S/C30H36F4N4O5S/c1-37(29(40)41)27(26(19-14-30(33,34)15-19)18-7-9-20(31)10-8-18)28(39)36-25-6-2-5-24(32)23(25)12-11-22-16-35-21-4-3-13-44(42,43)38(22)17-21/h2,5-10,19,21-22,26-27,35H,3-4,11-17H2,1H3,(H,36,39)(H,40,41)/t21?,22?,26-,27+/m1/s1. The lowest BCUT2D eigenvalue weighted by Crippen LogP contribution is -2.57. The van der Waals surface area contributed by atoms with Gasteiger partial charge in [-0.15, -0.1) is 0 Å². The van der Waals surface area contributed by atoms with Crippen molar-refractivity contribution in [3.63, 3.8) is 0 Å². The van der Waals surface area contributed by atoms with E-state index in [0.717, 1.165) is 30.5 Å². The van der Waals surface area contributed by atoms with Crippen LogP contribution in [0.5, 0.6) is 0 Å². The van der Waals surface area contributed by atoms with Crippen molar-refractivity contribution in [2.45, 2.75) is 68.5 Å². The highest BCUT2D eigenvalue weighted by atomic mass is 32.2. The Morgan fingerprint density at radius 1 is 1.16 bits per heavy atom. The number of hydrogen-bond acceptors (Lipinski definition) is 5. The van der Waals surface area contributed by atoms with E-state index in [1.54, 1.807) is 0 Å². The fraction of sp³-hybridized carbons (Fsp3) is 0.533. The van der Waals surface area contributed by atoms with Crippen molar-refractivity contribution in [2.75, 3.05) is 31.2 Å². The van der Waals surface area contributed by atoms with Crippen LogP contribution in [-0.4, -0.2) is 84.7 Å². The minimum Gasteiger partial charge on any atom is -0.465 e. The molecule has 2 bridgehead atoms. The third-order valence-electron chi connectivity index (χ3n) is 9.08. The number of sulfonamides is 1. The van der Waals surface area contributed by atoms with Gasteiger partial charge in [0.05, 0.1) is 5.75 Å². The molecule has 2 aliphatic heterocycles. The minimum atomic E-state index is -3.47. The molecule has 1 saturated carbocycles. The van der Waals surface area contributed by atoms with Crippen LogP contribution >= 0.6 is 0 Å². The predicted octanol–water partition coefficient (Wildman–Crippen LogP) is 4.41. The molecule has 2 aromatic carbocycles. The van der Waals surface area contributed by atoms with E-state index in [0.29, 0.717) is 25.1 Å². The molecule has 240 valence electrons. The summed E-state index contributed by atoms with van der Waals surface area (Å²) in [5.74, 6) is -6.83. The van der Waals surface area contributed by atoms with E-state index in [2.05, 4.69) is 10.6 Å². The lowest BCUT2D eigenvalue weighted by molar-refractivity contribution is -0.134. The Morgan fingerprint density at radius 2 is 1.86 bits per heavy atom. The zero-order chi connectivity index (χ0) is 31.8. The molecule has 1 aliphatic carbocycles. The monoisotopic (exact) mass is 640 g/mol. The number of anilines is 1. The average molecular weight is 641 g/mol. The number of piperazine rings is 1. The molecular weight excluding hydrogens is 604 g/mol. The summed E-state index contributed by atoms with van der Waals surface area (Å²) < 4.78 is 84.2. The summed E-state index contributed by atoms with van der Waals surface area (Å²) in [5.41, 5.74) is 0.498. The number of nitrogens with zero attached hydrogens (tertiary/aromatic N) is 2. The topological polar surface area (TPSA) is 119 Å². The normalized spacial score (nSPS) is 25.6. The third-order valence-corrected chi connectivity index (χ3v) is 11.0. The van der Waals surface area contributed by atoms with Crippen LogP contribution in [0.4, 0.5) is 28.0 Å². The number of amides is 2. The van der Waals surface area contributed by atoms with Gasteiger partial charge < -0.3 is 15.7 Å². The number of carbonyl (C=O) groups is 2. The van der Waals surface area contributed by atoms with E-state index < -0.39 is 76.3 Å². The summed E-state index contributed by atoms with van der Waals surface area (Å²) >= 11 is 0. The second-order valence-corrected chi connectivity index (χ2v) is 14.1. The van der Waals surface area contributed by atoms with Crippen LogP contribution in [0.1, 0.15) is 49.1 Å². The Bertz CT molecular complexity index is 1480. The largest absolute Gasteiger partial charge is 0.465 e. The first-order chi connectivity index (χ1) is 20.8. The zero-order valence-corrected chi connectivity index (χ0v) is 25.0. The molecule has 0 radical (unpaired) electrons. The van der Waals surface area contributed by atoms with Crippen molar-refractivity contribution in [1.29, 1.82) is 0 Å². The van der Waals surface area contributed by atoms with Crippen LogP contribution in [0.3, 0.4) is 0 Å². The zero-order valence-electron chi connectivity index (χ0n) is 24.2. The predicted molar refractivity (Wildman–Crippen MR) is 155 cm³/mol. The second kappa shape index (κ2) is 12.6. The van der Waals surface area contributed by atoms with Gasteiger partial charge in [0.2, 0.25) is 21.9 Å². The summed E-state index contributed by atoms with van der Waals surface area (Å²) in [5, 5.41) is 15.9. The number of fused-ring (bicyclic) bond motifs is 2. The van der Waals surface area contributed by atoms with Crippen molar-refractivity contribution < 1.29 is 40.7 Å². The van der Waals surface area contributed by atoms with Gasteiger partial charge in [0, 0.05) is 62.2 Å². The summed E-state index contributed by atoms with van der Waals surface area (Å²) in [6.07, 6.45) is -1.01. The van der Waals surface area contributed by atoms with E-state index in [1.807, 2.05) is 0 Å². The molecule has 3 unspecified atom stereocenters. The molecule has 2 heterocycles. The van der Waals surface area contributed by atoms with Gasteiger partial charge in [-0.1, -0.05) is 18.2 Å². The quantitative estimate of drug-likeness (QED) is 0.350. The number of rotatable bonds is 9. The number of hydrogen-bond donors (Lipinski definition) is 3. The van der Waals surface area contributed by atoms with Gasteiger partial charge in [-0.25, -0.2) is 30.8 Å². The molecule has 3 aliphatic rings. The molecule has 5 atom stereocenters. The molecule has 44 heavy (non-hydrogen) atoms. The average Bonchev–Trinajstić information content (AvgIpc) is 3.06. The summed E-state index contributed by atoms with van der Waals surface area (Å²) in [7, 11) is -2.32. The van der Waals surface area contributed by atoms with E-state index in [4.69, 9.17) is 0 Å². The summed E-state index contributed by atoms with van der Waals surface area (Å²) in [4.78, 5) is 26.7. The van der Waals surface area contributed by atoms with Crippen molar-refractivity contribution in [3.05, 3.63) is 65.2 Å². The van der Waals surface area contributed by atoms with Gasteiger partial charge in [0.1, 0.15) is 17.7 Å². The van der Waals surface area contributed by atoms with E-state index in [1.165, 1.54) is 34.6 Å². The lowest BCUT2D eigenvalue weighted by atomic mass is 9.67. The molecule has 3 N–H and O–H groups in total. The molecule has 0 aromatic heterocycles. The van der Waals surface area contributed by atoms with Crippen LogP contribution in [0.2, 0.25) is 0 Å². The molecule has 2 aromatic rings. The second-order valence-electron chi connectivity index (χ2n) is 12.0. The molecule has 5 rings (SSSR count). The van der Waals surface area contributed by atoms with Crippen LogP contribution in [-0.2, 0) is 21.2 Å². The Balaban J connectivity index is 1.41. The maximum Gasteiger partial charge on any atom is 0.407 e. The van der Waals surface area contributed by atoms with E-state index >= 15 is 4.39 Å². The SMILES string of the molecule is CN(C(=O)O)[C@H](C(=O)Nc1cccc(F)c1CCC1CNC2CCCS(=O)(=O)N1C2)[C@H](c1ccc(F)cc1)C1CC(F)(F)C1. The number of carboxylic acid groups (broad SMARTS) is 1. The molecular formula is C30H36F4N4O5S. The molecule has 2 amide bonds. The van der Waals surface area contributed by atoms with Crippen LogP contribution < -0.4 is 10.6 Å². The minimum absolute atomic E-state index is 0.0450. The Hall–Kier alpha value is -3.23. The maximum atomic E-state index is 15.2. The van der Waals surface area contributed by atoms with Gasteiger partial charge in [-0.2, -0.15) is 4.31 Å². The van der Waals surface area contributed by atoms with Gasteiger partial charge >= 0.3 is 6.09 Å². The maximum absolute atomic E-state index is 15.2. The molecule has 2 saturated heterocycles. The molecule has 14 heteroatoms. The first kappa shape index (κ1) is 32.2. The first-order valence-corrected chi connectivity index (χ1v) is 16.3. The highest BCUT2D eigenvalue weighted by molar-refractivity contribution is 7.89. The van der Waals surface area contributed by atoms with E-state index in [9.17, 15) is 36.3 Å². The fourth-order valence-electron chi connectivity index (χ4n) is 6.75. The van der Waals surface area contributed by atoms with Gasteiger partial charge in [0.25, 0.3) is 0 Å². The number of halogens is 4. The van der Waals surface area contributed by atoms with Crippen molar-refractivity contribution >= 4 is 27.7 Å². The van der Waals surface area contributed by atoms with Crippen LogP contribution in [0.25, 0.3) is 0 Å². The molecule has 9 nitrogen and oxygen atoms in total. The van der Waals surface area contributed by atoms with E-state index in [-0.39, 0.29) is 35.9 Å². The number of alkyl halides is 2. The van der Waals surface area contributed by atoms with Crippen molar-refractivity contribution in [1.82, 2.24) is 14.5 Å². The smallest absolute Gasteiger partial charge is 0.407 e. The fourth-order valence-corrected chi connectivity index (χ4v) is 8.56. The van der Waals surface area contributed by atoms with Crippen LogP contribution in [0.15, 0.2) is 42.5 Å². The number of benzene rings is 2. The van der Waals surface area contributed by atoms with Gasteiger partial charge in [0.15, 0.2) is 0 Å². The number of likely N-dealkylation sites (N-methyl/N-ethyl adjacent to an activating group) is 1. The lowest BCUT2D eigenvalue weighted by Gasteiger charge is -2.44. The van der Waals surface area contributed by atoms with Crippen molar-refractivity contribution in [2.24, 2.45) is 5.92 Å². The highest BCUT2D eigenvalue weighted by Crippen LogP contribution is 2.51. The summed E-state index contributed by atoms with van der Waals surface area (Å²) in [6, 6.07) is 7.10. The van der Waals surface area contributed by atoms with Gasteiger partial charge in [-0.3, -0.25) is 9.69 Å². The highest BCUT2D eigenvalue weighted by Gasteiger charge is 2.53. The molecule has 0 spiro atoms. The Kier molecular flexibility index (Phi) is 9.24. The Labute approximate surface area is 253 Å². The first-order valence-electron chi connectivity index (χ1n) is 14.7. The number of nitrogens with one attached hydrogen (secondary N) is 2. The summed E-state index contributed by atoms with van der Waals surface area (Å²) in [6.45, 7) is 0.735.